The molecule has 1 unspecified atom stereocenters. The van der Waals surface area contributed by atoms with Crippen LogP contribution in [0.3, 0.4) is 0 Å². The van der Waals surface area contributed by atoms with Crippen molar-refractivity contribution < 1.29 is 9.53 Å². The van der Waals surface area contributed by atoms with E-state index in [1.807, 2.05) is 18.2 Å². The van der Waals surface area contributed by atoms with Crippen LogP contribution in [0.5, 0.6) is 0 Å². The third-order valence-corrected chi connectivity index (χ3v) is 5.05. The lowest BCUT2D eigenvalue weighted by Gasteiger charge is -2.28. The first-order valence-electron chi connectivity index (χ1n) is 7.84. The molecule has 0 aromatic carbocycles. The third-order valence-electron chi connectivity index (χ3n) is 3.95. The van der Waals surface area contributed by atoms with E-state index in [0.29, 0.717) is 18.2 Å². The number of amides is 1. The Morgan fingerprint density at radius 3 is 3.00 bits per heavy atom. The molecule has 1 aliphatic heterocycles. The molecule has 0 spiro atoms. The lowest BCUT2D eigenvalue weighted by atomic mass is 10.1. The highest BCUT2D eigenvalue weighted by Crippen LogP contribution is 2.20. The fourth-order valence-corrected chi connectivity index (χ4v) is 3.36. The zero-order valence-corrected chi connectivity index (χ0v) is 14.0. The van der Waals surface area contributed by atoms with Crippen molar-refractivity contribution in [1.82, 2.24) is 10.3 Å². The molecule has 1 fully saturated rings. The fraction of sp³-hybridized carbons (Fsp3) is 0.412. The van der Waals surface area contributed by atoms with Crippen molar-refractivity contribution in [2.45, 2.75) is 12.8 Å². The summed E-state index contributed by atoms with van der Waals surface area (Å²) in [6.07, 6.45) is 1.70. The molecule has 1 atom stereocenters. The summed E-state index contributed by atoms with van der Waals surface area (Å²) in [7, 11) is 0. The number of aromatic nitrogens is 1. The number of hydrogen-bond acceptors (Lipinski definition) is 5. The van der Waals surface area contributed by atoms with Gasteiger partial charge < -0.3 is 15.0 Å². The smallest absolute Gasteiger partial charge is 0.269 e. The van der Waals surface area contributed by atoms with Gasteiger partial charge in [-0.25, -0.2) is 0 Å². The van der Waals surface area contributed by atoms with E-state index in [9.17, 15) is 4.79 Å². The predicted octanol–water partition coefficient (Wildman–Crippen LogP) is 2.51. The second-order valence-electron chi connectivity index (χ2n) is 5.63. The summed E-state index contributed by atoms with van der Waals surface area (Å²) in [4.78, 5) is 20.0. The Morgan fingerprint density at radius 2 is 2.26 bits per heavy atom. The summed E-state index contributed by atoms with van der Waals surface area (Å²) < 4.78 is 5.36. The first-order chi connectivity index (χ1) is 11.2. The molecule has 0 aliphatic carbocycles. The number of thiophene rings is 1. The van der Waals surface area contributed by atoms with Crippen LogP contribution in [0.15, 0.2) is 35.8 Å². The zero-order valence-electron chi connectivity index (χ0n) is 13.2. The highest BCUT2D eigenvalue weighted by Gasteiger charge is 2.15. The van der Waals surface area contributed by atoms with Gasteiger partial charge in [-0.1, -0.05) is 13.0 Å². The van der Waals surface area contributed by atoms with Crippen molar-refractivity contribution in [2.75, 3.05) is 37.7 Å². The van der Waals surface area contributed by atoms with Crippen molar-refractivity contribution in [2.24, 2.45) is 0 Å². The molecule has 2 aromatic heterocycles. The van der Waals surface area contributed by atoms with E-state index in [-0.39, 0.29) is 5.91 Å². The van der Waals surface area contributed by atoms with Gasteiger partial charge in [-0.15, -0.1) is 11.3 Å². The fourth-order valence-electron chi connectivity index (χ4n) is 2.57. The molecule has 0 radical (unpaired) electrons. The molecule has 3 rings (SSSR count). The summed E-state index contributed by atoms with van der Waals surface area (Å²) in [5.41, 5.74) is 1.49. The van der Waals surface area contributed by atoms with E-state index < -0.39 is 0 Å². The molecule has 1 saturated heterocycles. The molecular weight excluding hydrogens is 310 g/mol. The van der Waals surface area contributed by atoms with Gasteiger partial charge in [0.15, 0.2) is 0 Å². The van der Waals surface area contributed by atoms with E-state index in [2.05, 4.69) is 33.6 Å². The molecule has 1 N–H and O–H groups in total. The normalized spacial score (nSPS) is 16.1. The maximum absolute atomic E-state index is 12.3. The van der Waals surface area contributed by atoms with Gasteiger partial charge in [0.05, 0.1) is 13.2 Å². The van der Waals surface area contributed by atoms with E-state index >= 15 is 0 Å². The second-order valence-corrected chi connectivity index (χ2v) is 6.60. The number of morpholine rings is 1. The molecule has 1 amide bonds. The number of anilines is 1. The molecule has 2 aromatic rings. The van der Waals surface area contributed by atoms with Crippen molar-refractivity contribution in [3.05, 3.63) is 46.4 Å². The van der Waals surface area contributed by atoms with Crippen molar-refractivity contribution >= 4 is 22.9 Å². The standard InChI is InChI=1S/C17H21N3O2S/c1-13(16-3-2-10-23-16)12-19-17(21)15-11-14(4-5-18-15)20-6-8-22-9-7-20/h2-5,10-11,13H,6-9,12H2,1H3,(H,19,21). The maximum Gasteiger partial charge on any atom is 0.269 e. The predicted molar refractivity (Wildman–Crippen MR) is 92.3 cm³/mol. The van der Waals surface area contributed by atoms with E-state index in [1.165, 1.54) is 4.88 Å². The van der Waals surface area contributed by atoms with Gasteiger partial charge in [-0.3, -0.25) is 9.78 Å². The molecule has 122 valence electrons. The summed E-state index contributed by atoms with van der Waals surface area (Å²) in [5, 5.41) is 5.04. The topological polar surface area (TPSA) is 54.5 Å². The minimum atomic E-state index is -0.122. The largest absolute Gasteiger partial charge is 0.378 e. The quantitative estimate of drug-likeness (QED) is 0.915. The Morgan fingerprint density at radius 1 is 1.43 bits per heavy atom. The summed E-state index contributed by atoms with van der Waals surface area (Å²) in [6, 6.07) is 7.93. The first kappa shape index (κ1) is 16.0. The zero-order chi connectivity index (χ0) is 16.1. The second kappa shape index (κ2) is 7.57. The number of carbonyl (C=O) groups excluding carboxylic acids is 1. The van der Waals surface area contributed by atoms with Crippen LogP contribution in [0, 0.1) is 0 Å². The number of nitrogens with one attached hydrogen (secondary N) is 1. The first-order valence-corrected chi connectivity index (χ1v) is 8.72. The van der Waals surface area contributed by atoms with Gasteiger partial charge in [0, 0.05) is 42.3 Å². The Balaban J connectivity index is 1.60. The van der Waals surface area contributed by atoms with Crippen LogP contribution < -0.4 is 10.2 Å². The molecule has 0 saturated carbocycles. The number of nitrogens with zero attached hydrogens (tertiary/aromatic N) is 2. The van der Waals surface area contributed by atoms with Gasteiger partial charge >= 0.3 is 0 Å². The van der Waals surface area contributed by atoms with Crippen molar-refractivity contribution in [3.63, 3.8) is 0 Å². The van der Waals surface area contributed by atoms with Crippen LogP contribution in [0.4, 0.5) is 5.69 Å². The molecule has 0 bridgehead atoms. The number of carbonyl (C=O) groups is 1. The highest BCUT2D eigenvalue weighted by atomic mass is 32.1. The SMILES string of the molecule is CC(CNC(=O)c1cc(N2CCOCC2)ccn1)c1cccs1. The minimum Gasteiger partial charge on any atom is -0.378 e. The van der Waals surface area contributed by atoms with Crippen LogP contribution in [0.25, 0.3) is 0 Å². The monoisotopic (exact) mass is 331 g/mol. The molecule has 23 heavy (non-hydrogen) atoms. The lowest BCUT2D eigenvalue weighted by Crippen LogP contribution is -2.36. The van der Waals surface area contributed by atoms with Gasteiger partial charge in [-0.05, 0) is 23.6 Å². The average Bonchev–Trinajstić information content (AvgIpc) is 3.15. The average molecular weight is 331 g/mol. The van der Waals surface area contributed by atoms with Crippen LogP contribution in [-0.2, 0) is 4.74 Å². The number of pyridine rings is 1. The Hall–Kier alpha value is -1.92. The van der Waals surface area contributed by atoms with E-state index in [4.69, 9.17) is 4.74 Å². The van der Waals surface area contributed by atoms with Crippen LogP contribution in [0.2, 0.25) is 0 Å². The third kappa shape index (κ3) is 4.09. The summed E-state index contributed by atoms with van der Waals surface area (Å²) >= 11 is 1.71. The van der Waals surface area contributed by atoms with Crippen LogP contribution >= 0.6 is 11.3 Å². The van der Waals surface area contributed by atoms with Gasteiger partial charge in [0.2, 0.25) is 0 Å². The van der Waals surface area contributed by atoms with Crippen LogP contribution in [0.1, 0.15) is 28.2 Å². The van der Waals surface area contributed by atoms with E-state index in [1.54, 1.807) is 17.5 Å². The van der Waals surface area contributed by atoms with Gasteiger partial charge in [-0.2, -0.15) is 0 Å². The van der Waals surface area contributed by atoms with E-state index in [0.717, 1.165) is 32.0 Å². The Bertz CT molecular complexity index is 639. The van der Waals surface area contributed by atoms with Crippen molar-refractivity contribution in [1.29, 1.82) is 0 Å². The molecule has 6 heteroatoms. The number of hydrogen-bond donors (Lipinski definition) is 1. The molecular formula is C17H21N3O2S. The van der Waals surface area contributed by atoms with Crippen molar-refractivity contribution in [3.8, 4) is 0 Å². The molecule has 1 aliphatic rings. The number of rotatable bonds is 5. The Labute approximate surface area is 140 Å². The number of ether oxygens (including phenoxy) is 1. The van der Waals surface area contributed by atoms with Crippen LogP contribution in [-0.4, -0.2) is 43.7 Å². The maximum atomic E-state index is 12.3. The lowest BCUT2D eigenvalue weighted by molar-refractivity contribution is 0.0947. The summed E-state index contributed by atoms with van der Waals surface area (Å²) in [6.45, 7) is 5.87. The van der Waals surface area contributed by atoms with Gasteiger partial charge in [0.1, 0.15) is 5.69 Å². The molecule has 3 heterocycles. The van der Waals surface area contributed by atoms with Gasteiger partial charge in [0.25, 0.3) is 5.91 Å². The minimum absolute atomic E-state index is 0.122. The highest BCUT2D eigenvalue weighted by molar-refractivity contribution is 7.10. The molecule has 5 nitrogen and oxygen atoms in total. The Kier molecular flexibility index (Phi) is 5.25. The summed E-state index contributed by atoms with van der Waals surface area (Å²) in [5.74, 6) is 0.185.